The Kier molecular flexibility index (Phi) is 5.57. The van der Waals surface area contributed by atoms with E-state index in [2.05, 4.69) is 20.3 Å². The molecule has 0 amide bonds. The SMILES string of the molecule is O=c1[15nH]c([15NH][C@@H]2c3cc4ccc5cccc6ccc(c3[C@H](O)[C@@H](O)[C@H]2O)c4c56)[15n]c2c1[15n]c[15n]2[C@H]1C[C@H](O)[C@@H](CO)O1. The second kappa shape index (κ2) is 9.16. The predicted octanol–water partition coefficient (Wildman–Crippen LogP) is 1.58. The highest BCUT2D eigenvalue weighted by Gasteiger charge is 2.42. The molecule has 0 radical (unpaired) electrons. The van der Waals surface area contributed by atoms with Crippen LogP contribution in [-0.2, 0) is 4.74 Å². The van der Waals surface area contributed by atoms with Crippen LogP contribution in [0, 0.1) is 0 Å². The number of hydrogen-bond acceptors (Lipinski definition) is 10. The van der Waals surface area contributed by atoms with Crippen LogP contribution in [0.4, 0.5) is 5.95 Å². The molecule has 1 aliphatic heterocycles. The van der Waals surface area contributed by atoms with Crippen LogP contribution in [0.15, 0.2) is 59.7 Å². The highest BCUT2D eigenvalue weighted by atomic mass is 16.6. The predicted molar refractivity (Wildman–Crippen MR) is 153 cm³/mol. The summed E-state index contributed by atoms with van der Waals surface area (Å²) >= 11 is 0. The van der Waals surface area contributed by atoms with Gasteiger partial charge in [0.15, 0.2) is 11.2 Å². The maximum absolute atomic E-state index is 13.0. The summed E-state index contributed by atoms with van der Waals surface area (Å²) in [5.74, 6) is 0.00942. The van der Waals surface area contributed by atoms with E-state index in [9.17, 15) is 30.3 Å². The minimum atomic E-state index is -1.52. The lowest BCUT2D eigenvalue weighted by molar-refractivity contribution is -0.0763. The number of imidazole rings is 1. The first kappa shape index (κ1) is 25.5. The molecule has 0 saturated carbocycles. The number of aliphatic hydroxyl groups excluding tert-OH is 5. The molecule has 4 aromatic carbocycles. The number of fused-ring (bicyclic) bond motifs is 3. The van der Waals surface area contributed by atoms with Crippen LogP contribution < -0.4 is 10.9 Å². The molecule has 6 aromatic rings. The fourth-order valence-corrected chi connectivity index (χ4v) is 6.75. The summed E-state index contributed by atoms with van der Waals surface area (Å²) in [6, 6.07) is 14.9. The second-order valence-corrected chi connectivity index (χ2v) is 11.1. The van der Waals surface area contributed by atoms with Gasteiger partial charge in [-0.1, -0.05) is 42.5 Å². The summed E-state index contributed by atoms with van der Waals surface area (Å²) in [6.07, 6.45) is -5.10. The van der Waals surface area contributed by atoms with Gasteiger partial charge in [-0.25, -0.2) is 4.98 Å². The van der Waals surface area contributed by atoms with Crippen molar-refractivity contribution in [3.8, 4) is 0 Å². The highest BCUT2D eigenvalue weighted by molar-refractivity contribution is 6.23. The average molecular weight is 575 g/mol. The summed E-state index contributed by atoms with van der Waals surface area (Å²) in [6.45, 7) is -0.360. The third kappa shape index (κ3) is 3.54. The molecule has 0 bridgehead atoms. The molecule has 0 unspecified atom stereocenters. The van der Waals surface area contributed by atoms with E-state index in [1.807, 2.05) is 48.5 Å². The zero-order valence-electron chi connectivity index (χ0n) is 22.0. The van der Waals surface area contributed by atoms with Crippen molar-refractivity contribution in [3.05, 3.63) is 76.3 Å². The van der Waals surface area contributed by atoms with Gasteiger partial charge in [0.1, 0.15) is 30.6 Å². The lowest BCUT2D eigenvalue weighted by atomic mass is 9.78. The van der Waals surface area contributed by atoms with Gasteiger partial charge >= 0.3 is 0 Å². The monoisotopic (exact) mass is 574 g/mol. The number of nitrogens with one attached hydrogen (secondary N) is 2. The molecule has 1 saturated heterocycles. The molecule has 8 rings (SSSR count). The quantitative estimate of drug-likeness (QED) is 0.120. The van der Waals surface area contributed by atoms with E-state index in [4.69, 9.17) is 4.74 Å². The smallest absolute Gasteiger partial charge is 0.280 e. The maximum atomic E-state index is 13.0. The molecule has 0 spiro atoms. The molecule has 3 heterocycles. The zero-order valence-corrected chi connectivity index (χ0v) is 22.0. The molecular weight excluding hydrogens is 547 g/mol. The van der Waals surface area contributed by atoms with Crippen LogP contribution in [0.5, 0.6) is 0 Å². The lowest BCUT2D eigenvalue weighted by Gasteiger charge is -2.38. The summed E-state index contributed by atoms with van der Waals surface area (Å²) < 4.78 is 7.26. The number of ether oxygens (including phenoxy) is 1. The summed E-state index contributed by atoms with van der Waals surface area (Å²) in [4.78, 5) is 24.4. The Morgan fingerprint density at radius 3 is 2.52 bits per heavy atom. The molecule has 1 aliphatic carbocycles. The topological polar surface area (TPSA) is 186 Å². The number of aromatic amines is 1. The van der Waals surface area contributed by atoms with Crippen molar-refractivity contribution in [2.75, 3.05) is 11.9 Å². The van der Waals surface area contributed by atoms with E-state index in [1.165, 1.54) is 10.9 Å². The first-order valence-electron chi connectivity index (χ1n) is 13.8. The number of nitrogens with zero attached hydrogens (tertiary/aromatic N) is 3. The minimum absolute atomic E-state index is 0.00942. The Hall–Kier alpha value is -4.17. The summed E-state index contributed by atoms with van der Waals surface area (Å²) in [5.41, 5.74) is 0.747. The van der Waals surface area contributed by atoms with Crippen molar-refractivity contribution in [2.24, 2.45) is 0 Å². The zero-order chi connectivity index (χ0) is 28.9. The van der Waals surface area contributed by atoms with E-state index in [1.54, 1.807) is 0 Å². The summed E-state index contributed by atoms with van der Waals surface area (Å²) in [5, 5.41) is 62.0. The molecule has 7 N–H and O–H groups in total. The molecule has 1 fully saturated rings. The van der Waals surface area contributed by atoms with Crippen LogP contribution in [0.1, 0.15) is 35.9 Å². The highest BCUT2D eigenvalue weighted by Crippen LogP contribution is 2.46. The van der Waals surface area contributed by atoms with Gasteiger partial charge in [0, 0.05) is 6.42 Å². The number of rotatable bonds is 4. The van der Waals surface area contributed by atoms with E-state index in [-0.39, 0.29) is 30.1 Å². The lowest BCUT2D eigenvalue weighted by Crippen LogP contribution is -2.44. The third-order valence-electron chi connectivity index (χ3n) is 8.79. The first-order valence-corrected chi connectivity index (χ1v) is 13.8. The Morgan fingerprint density at radius 1 is 1.00 bits per heavy atom. The molecular formula is C30H27N5O7. The standard InChI is InChI=1S/C30H27N5O7/c36-10-18-17(37)9-19(42-18)35-11-31-24-28(35)33-30(34-29(24)41)32-23-16-8-14-5-4-12-2-1-3-13-6-7-15(21(14)20(12)13)22(16)25(38)27(40)26(23)39/h1-8,11,17-19,23,25-27,36-40H,9-10H2,(H2,32,33,34,41)/t17-,18+,19+,23+,25-,26-,27+/m0/s1/i31+1,32+1,33+1,34+1,35+1. The van der Waals surface area contributed by atoms with Crippen molar-refractivity contribution in [2.45, 2.75) is 49.2 Å². The molecule has 12 nitrogen and oxygen atoms in total. The molecule has 12 heteroatoms. The minimum Gasteiger partial charge on any atom is -0.394 e. The van der Waals surface area contributed by atoms with Gasteiger partial charge in [0.05, 0.1) is 25.1 Å². The second-order valence-electron chi connectivity index (χ2n) is 11.1. The number of benzene rings is 4. The van der Waals surface area contributed by atoms with Crippen LogP contribution in [0.25, 0.3) is 43.5 Å². The van der Waals surface area contributed by atoms with Crippen molar-refractivity contribution < 1.29 is 30.3 Å². The van der Waals surface area contributed by atoms with E-state index < -0.39 is 48.3 Å². The van der Waals surface area contributed by atoms with Gasteiger partial charge < -0.3 is 35.6 Å². The van der Waals surface area contributed by atoms with Gasteiger partial charge in [0.25, 0.3) is 5.56 Å². The molecule has 214 valence electrons. The van der Waals surface area contributed by atoms with Gasteiger partial charge in [-0.15, -0.1) is 0 Å². The Labute approximate surface area is 236 Å². The maximum Gasteiger partial charge on any atom is 0.280 e. The first-order chi connectivity index (χ1) is 20.3. The van der Waals surface area contributed by atoms with Crippen LogP contribution in [0.3, 0.4) is 0 Å². The number of aromatic nitrogens is 4. The number of hydrogen-bond donors (Lipinski definition) is 7. The van der Waals surface area contributed by atoms with Crippen molar-refractivity contribution >= 4 is 49.4 Å². The molecule has 2 aromatic heterocycles. The normalized spacial score (nSPS) is 27.9. The van der Waals surface area contributed by atoms with Crippen molar-refractivity contribution in [1.82, 2.24) is 19.5 Å². The Bertz CT molecular complexity index is 2040. The largest absolute Gasteiger partial charge is 0.394 e. The fraction of sp³-hybridized carbons (Fsp3) is 0.300. The molecule has 2 aliphatic rings. The Balaban J connectivity index is 1.26. The third-order valence-corrected chi connectivity index (χ3v) is 8.79. The number of aliphatic hydroxyl groups is 5. The van der Waals surface area contributed by atoms with Gasteiger partial charge in [-0.2, -0.15) is 4.98 Å². The number of anilines is 1. The van der Waals surface area contributed by atoms with E-state index >= 15 is 0 Å². The van der Waals surface area contributed by atoms with Crippen LogP contribution in [-0.4, -0.2) is 76.1 Å². The number of H-pyrrole nitrogens is 1. The molecule has 42 heavy (non-hydrogen) atoms. The van der Waals surface area contributed by atoms with Gasteiger partial charge in [-0.3, -0.25) is 14.3 Å². The summed E-state index contributed by atoms with van der Waals surface area (Å²) in [7, 11) is 0. The van der Waals surface area contributed by atoms with Crippen molar-refractivity contribution in [1.29, 1.82) is 0 Å². The van der Waals surface area contributed by atoms with Gasteiger partial charge in [0.2, 0.25) is 5.95 Å². The van der Waals surface area contributed by atoms with Crippen LogP contribution in [0.2, 0.25) is 0 Å². The average Bonchev–Trinajstić information content (AvgIpc) is 3.59. The Morgan fingerprint density at radius 2 is 1.76 bits per heavy atom. The van der Waals surface area contributed by atoms with Crippen LogP contribution >= 0.6 is 0 Å². The van der Waals surface area contributed by atoms with Crippen molar-refractivity contribution in [3.63, 3.8) is 0 Å². The van der Waals surface area contributed by atoms with E-state index in [0.29, 0.717) is 11.1 Å². The fourth-order valence-electron chi connectivity index (χ4n) is 6.75. The van der Waals surface area contributed by atoms with E-state index in [0.717, 1.165) is 32.3 Å². The van der Waals surface area contributed by atoms with Gasteiger partial charge in [-0.05, 0) is 49.5 Å². The molecule has 7 atom stereocenters.